The Bertz CT molecular complexity index is 710. The Kier molecular flexibility index (Phi) is 6.41. The van der Waals surface area contributed by atoms with Gasteiger partial charge in [-0.3, -0.25) is 4.79 Å². The number of carbonyl (C=O) groups is 1. The van der Waals surface area contributed by atoms with Crippen LogP contribution in [0.15, 0.2) is 36.7 Å². The number of para-hydroxylation sites is 2. The Hall–Kier alpha value is -2.63. The molecule has 1 aliphatic carbocycles. The van der Waals surface area contributed by atoms with Crippen LogP contribution in [-0.4, -0.2) is 28.5 Å². The highest BCUT2D eigenvalue weighted by Crippen LogP contribution is 2.24. The molecule has 1 heterocycles. The van der Waals surface area contributed by atoms with Gasteiger partial charge in [-0.1, -0.05) is 37.8 Å². The Balaban J connectivity index is 1.62. The zero-order valence-corrected chi connectivity index (χ0v) is 15.2. The summed E-state index contributed by atoms with van der Waals surface area (Å²) < 4.78 is 5.53. The molecule has 0 atom stereocenters. The molecule has 0 saturated heterocycles. The highest BCUT2D eigenvalue weighted by atomic mass is 16.5. The molecular formula is C20H26N4O2. The fourth-order valence-corrected chi connectivity index (χ4v) is 3.17. The van der Waals surface area contributed by atoms with Crippen LogP contribution < -0.4 is 15.4 Å². The van der Waals surface area contributed by atoms with E-state index in [0.29, 0.717) is 35.6 Å². The molecule has 1 fully saturated rings. The van der Waals surface area contributed by atoms with E-state index >= 15 is 0 Å². The van der Waals surface area contributed by atoms with Gasteiger partial charge in [-0.25, -0.2) is 9.97 Å². The number of rotatable bonds is 6. The molecule has 0 aliphatic heterocycles. The van der Waals surface area contributed by atoms with E-state index in [1.807, 2.05) is 31.2 Å². The van der Waals surface area contributed by atoms with Gasteiger partial charge in [0.25, 0.3) is 5.91 Å². The van der Waals surface area contributed by atoms with Crippen LogP contribution >= 0.6 is 0 Å². The summed E-state index contributed by atoms with van der Waals surface area (Å²) in [5.41, 5.74) is 1.06. The summed E-state index contributed by atoms with van der Waals surface area (Å²) in [6.45, 7) is 2.45. The first-order valence-electron chi connectivity index (χ1n) is 9.38. The van der Waals surface area contributed by atoms with Crippen molar-refractivity contribution in [2.75, 3.05) is 17.2 Å². The standard InChI is InChI=1S/C20H26N4O2/c1-2-26-18-12-8-7-11-17(18)24-19(25)15-13-21-20(22-14-15)23-16-9-5-3-4-6-10-16/h7-8,11-14,16H,2-6,9-10H2,1H3,(H,24,25)(H,21,22,23). The van der Waals surface area contributed by atoms with Crippen LogP contribution in [-0.2, 0) is 0 Å². The molecule has 1 aromatic carbocycles. The van der Waals surface area contributed by atoms with E-state index in [2.05, 4.69) is 20.6 Å². The Morgan fingerprint density at radius 3 is 2.50 bits per heavy atom. The van der Waals surface area contributed by atoms with Crippen LogP contribution in [0, 0.1) is 0 Å². The molecule has 1 aliphatic rings. The number of carbonyl (C=O) groups excluding carboxylic acids is 1. The van der Waals surface area contributed by atoms with Gasteiger partial charge in [-0.05, 0) is 31.9 Å². The number of aromatic nitrogens is 2. The van der Waals surface area contributed by atoms with Gasteiger partial charge in [0.15, 0.2) is 0 Å². The fourth-order valence-electron chi connectivity index (χ4n) is 3.17. The van der Waals surface area contributed by atoms with E-state index in [4.69, 9.17) is 4.74 Å². The summed E-state index contributed by atoms with van der Waals surface area (Å²) in [7, 11) is 0. The van der Waals surface area contributed by atoms with Crippen molar-refractivity contribution in [1.82, 2.24) is 9.97 Å². The first-order chi connectivity index (χ1) is 12.8. The second kappa shape index (κ2) is 9.17. The molecule has 2 aromatic rings. The largest absolute Gasteiger partial charge is 0.492 e. The Morgan fingerprint density at radius 1 is 1.12 bits per heavy atom. The van der Waals surface area contributed by atoms with Gasteiger partial charge in [-0.2, -0.15) is 0 Å². The van der Waals surface area contributed by atoms with Gasteiger partial charge >= 0.3 is 0 Å². The van der Waals surface area contributed by atoms with Crippen LogP contribution in [0.3, 0.4) is 0 Å². The van der Waals surface area contributed by atoms with Gasteiger partial charge in [-0.15, -0.1) is 0 Å². The minimum Gasteiger partial charge on any atom is -0.492 e. The van der Waals surface area contributed by atoms with Crippen molar-refractivity contribution in [3.05, 3.63) is 42.2 Å². The van der Waals surface area contributed by atoms with Crippen molar-refractivity contribution in [3.8, 4) is 5.75 Å². The van der Waals surface area contributed by atoms with Crippen molar-refractivity contribution in [3.63, 3.8) is 0 Å². The summed E-state index contributed by atoms with van der Waals surface area (Å²) in [6, 6.07) is 7.79. The monoisotopic (exact) mass is 354 g/mol. The van der Waals surface area contributed by atoms with Crippen molar-refractivity contribution >= 4 is 17.5 Å². The predicted molar refractivity (Wildman–Crippen MR) is 103 cm³/mol. The van der Waals surface area contributed by atoms with E-state index in [0.717, 1.165) is 12.8 Å². The van der Waals surface area contributed by atoms with E-state index in [1.54, 1.807) is 12.4 Å². The van der Waals surface area contributed by atoms with Crippen molar-refractivity contribution < 1.29 is 9.53 Å². The highest BCUT2D eigenvalue weighted by molar-refractivity contribution is 6.04. The van der Waals surface area contributed by atoms with Gasteiger partial charge in [0.2, 0.25) is 5.95 Å². The Labute approximate surface area is 154 Å². The van der Waals surface area contributed by atoms with Crippen molar-refractivity contribution in [1.29, 1.82) is 0 Å². The molecule has 6 nitrogen and oxygen atoms in total. The molecular weight excluding hydrogens is 328 g/mol. The number of amides is 1. The summed E-state index contributed by atoms with van der Waals surface area (Å²) in [5.74, 6) is 0.984. The zero-order valence-electron chi connectivity index (χ0n) is 15.2. The molecule has 138 valence electrons. The molecule has 1 aromatic heterocycles. The van der Waals surface area contributed by atoms with Crippen LogP contribution in [0.25, 0.3) is 0 Å². The molecule has 2 N–H and O–H groups in total. The van der Waals surface area contributed by atoms with Crippen molar-refractivity contribution in [2.45, 2.75) is 51.5 Å². The van der Waals surface area contributed by atoms with Gasteiger partial charge in [0.1, 0.15) is 5.75 Å². The maximum Gasteiger partial charge on any atom is 0.258 e. The van der Waals surface area contributed by atoms with Crippen LogP contribution in [0.2, 0.25) is 0 Å². The van der Waals surface area contributed by atoms with E-state index in [9.17, 15) is 4.79 Å². The number of benzene rings is 1. The minimum absolute atomic E-state index is 0.252. The lowest BCUT2D eigenvalue weighted by Crippen LogP contribution is -2.20. The predicted octanol–water partition coefficient (Wildman–Crippen LogP) is 4.26. The molecule has 0 unspecified atom stereocenters. The van der Waals surface area contributed by atoms with Crippen LogP contribution in [0.1, 0.15) is 55.8 Å². The SMILES string of the molecule is CCOc1ccccc1NC(=O)c1cnc(NC2CCCCCC2)nc1. The summed E-state index contributed by atoms with van der Waals surface area (Å²) in [4.78, 5) is 21.1. The molecule has 0 bridgehead atoms. The van der Waals surface area contributed by atoms with Gasteiger partial charge in [0, 0.05) is 18.4 Å². The molecule has 0 radical (unpaired) electrons. The molecule has 3 rings (SSSR count). The molecule has 26 heavy (non-hydrogen) atoms. The smallest absolute Gasteiger partial charge is 0.258 e. The van der Waals surface area contributed by atoms with E-state index in [1.165, 1.54) is 25.7 Å². The van der Waals surface area contributed by atoms with E-state index in [-0.39, 0.29) is 5.91 Å². The number of anilines is 2. The first kappa shape index (κ1) is 18.2. The average Bonchev–Trinajstić information content (AvgIpc) is 2.93. The topological polar surface area (TPSA) is 76.1 Å². The molecule has 0 spiro atoms. The molecule has 6 heteroatoms. The number of ether oxygens (including phenoxy) is 1. The van der Waals surface area contributed by atoms with Crippen LogP contribution in [0.4, 0.5) is 11.6 Å². The number of nitrogens with zero attached hydrogens (tertiary/aromatic N) is 2. The highest BCUT2D eigenvalue weighted by Gasteiger charge is 2.14. The molecule has 1 saturated carbocycles. The molecule has 1 amide bonds. The first-order valence-corrected chi connectivity index (χ1v) is 9.38. The maximum absolute atomic E-state index is 12.5. The fraction of sp³-hybridized carbons (Fsp3) is 0.450. The number of hydrogen-bond donors (Lipinski definition) is 2. The zero-order chi connectivity index (χ0) is 18.2. The normalized spacial score (nSPS) is 15.1. The third kappa shape index (κ3) is 4.94. The Morgan fingerprint density at radius 2 is 1.81 bits per heavy atom. The summed E-state index contributed by atoms with van der Waals surface area (Å²) in [5, 5.41) is 6.25. The van der Waals surface area contributed by atoms with Crippen LogP contribution in [0.5, 0.6) is 5.75 Å². The maximum atomic E-state index is 12.5. The third-order valence-corrected chi connectivity index (χ3v) is 4.54. The average molecular weight is 354 g/mol. The van der Waals surface area contributed by atoms with Gasteiger partial charge in [0.05, 0.1) is 17.9 Å². The lowest BCUT2D eigenvalue weighted by Gasteiger charge is -2.16. The van der Waals surface area contributed by atoms with Crippen molar-refractivity contribution in [2.24, 2.45) is 0 Å². The number of nitrogens with one attached hydrogen (secondary N) is 2. The summed E-state index contributed by atoms with van der Waals surface area (Å²) >= 11 is 0. The van der Waals surface area contributed by atoms with Gasteiger partial charge < -0.3 is 15.4 Å². The summed E-state index contributed by atoms with van der Waals surface area (Å²) in [6.07, 6.45) is 10.5. The third-order valence-electron chi connectivity index (χ3n) is 4.54. The minimum atomic E-state index is -0.252. The van der Waals surface area contributed by atoms with E-state index < -0.39 is 0 Å². The second-order valence-electron chi connectivity index (χ2n) is 6.51. The lowest BCUT2D eigenvalue weighted by atomic mass is 10.1. The quantitative estimate of drug-likeness (QED) is 0.758. The number of hydrogen-bond acceptors (Lipinski definition) is 5. The lowest BCUT2D eigenvalue weighted by molar-refractivity contribution is 0.102. The second-order valence-corrected chi connectivity index (χ2v) is 6.51.